The second-order valence-corrected chi connectivity index (χ2v) is 11.0. The minimum absolute atomic E-state index is 0.0729. The van der Waals surface area contributed by atoms with Crippen molar-refractivity contribution in [1.82, 2.24) is 35.3 Å². The van der Waals surface area contributed by atoms with Gasteiger partial charge in [-0.1, -0.05) is 32.0 Å². The van der Waals surface area contributed by atoms with Crippen LogP contribution in [0.2, 0.25) is 0 Å². The molecule has 2 aromatic carbocycles. The Labute approximate surface area is 225 Å². The number of hydrogen-bond donors (Lipinski definition) is 0. The van der Waals surface area contributed by atoms with Crippen molar-refractivity contribution in [2.45, 2.75) is 44.9 Å². The molecule has 0 radical (unpaired) electrons. The van der Waals surface area contributed by atoms with Crippen LogP contribution < -0.4 is 0 Å². The van der Waals surface area contributed by atoms with Crippen LogP contribution in [0.25, 0.3) is 22.6 Å². The van der Waals surface area contributed by atoms with Gasteiger partial charge >= 0.3 is 0 Å². The van der Waals surface area contributed by atoms with Crippen LogP contribution in [0.15, 0.2) is 48.5 Å². The van der Waals surface area contributed by atoms with Gasteiger partial charge < -0.3 is 4.90 Å². The van der Waals surface area contributed by atoms with Crippen LogP contribution in [0.3, 0.4) is 0 Å². The number of carbonyl (C=O) groups excluding carboxylic acids is 1. The second kappa shape index (κ2) is 9.00. The third kappa shape index (κ3) is 3.76. The molecule has 0 saturated heterocycles. The fourth-order valence-corrected chi connectivity index (χ4v) is 6.64. The van der Waals surface area contributed by atoms with E-state index in [0.29, 0.717) is 24.5 Å². The van der Waals surface area contributed by atoms with Gasteiger partial charge in [-0.25, -0.2) is 8.78 Å². The highest BCUT2D eigenvalue weighted by molar-refractivity contribution is 5.94. The van der Waals surface area contributed by atoms with Gasteiger partial charge in [0, 0.05) is 29.6 Å². The van der Waals surface area contributed by atoms with Crippen molar-refractivity contribution in [3.05, 3.63) is 77.0 Å². The van der Waals surface area contributed by atoms with Gasteiger partial charge in [-0.2, -0.15) is 15.0 Å². The maximum Gasteiger partial charge on any atom is 0.253 e. The third-order valence-electron chi connectivity index (χ3n) is 8.86. The van der Waals surface area contributed by atoms with E-state index in [0.717, 1.165) is 29.7 Å². The first-order valence-electron chi connectivity index (χ1n) is 13.1. The predicted octanol–water partition coefficient (Wildman–Crippen LogP) is 4.93. The zero-order valence-corrected chi connectivity index (χ0v) is 22.3. The molecule has 2 heterocycles. The van der Waals surface area contributed by atoms with Gasteiger partial charge in [-0.3, -0.25) is 4.79 Å². The highest BCUT2D eigenvalue weighted by Gasteiger charge is 2.64. The lowest BCUT2D eigenvalue weighted by atomic mass is 9.68. The lowest BCUT2D eigenvalue weighted by Crippen LogP contribution is -2.48. The quantitative estimate of drug-likeness (QED) is 0.352. The molecule has 1 amide bonds. The van der Waals surface area contributed by atoms with Crippen LogP contribution in [-0.4, -0.2) is 54.3 Å². The van der Waals surface area contributed by atoms with E-state index in [4.69, 9.17) is 0 Å². The van der Waals surface area contributed by atoms with E-state index in [2.05, 4.69) is 39.5 Å². The molecular formula is C29H29F2N7O. The van der Waals surface area contributed by atoms with Gasteiger partial charge in [-0.05, 0) is 72.2 Å². The summed E-state index contributed by atoms with van der Waals surface area (Å²) in [6, 6.07) is 12.8. The summed E-state index contributed by atoms with van der Waals surface area (Å²) in [5, 5.41) is 21.0. The van der Waals surface area contributed by atoms with Crippen molar-refractivity contribution in [2.75, 3.05) is 13.1 Å². The molecule has 1 fully saturated rings. The summed E-state index contributed by atoms with van der Waals surface area (Å²) in [4.78, 5) is 16.9. The zero-order chi connectivity index (χ0) is 27.5. The molecule has 4 aromatic rings. The van der Waals surface area contributed by atoms with Crippen LogP contribution in [0.1, 0.15) is 61.1 Å². The number of aromatic nitrogens is 6. The Bertz CT molecular complexity index is 1560. The lowest BCUT2D eigenvalue weighted by Gasteiger charge is -2.41. The predicted molar refractivity (Wildman–Crippen MR) is 141 cm³/mol. The van der Waals surface area contributed by atoms with Gasteiger partial charge in [0.2, 0.25) is 5.82 Å². The largest absolute Gasteiger partial charge is 0.338 e. The Hall–Kier alpha value is -4.08. The average molecular weight is 530 g/mol. The number of fused-ring (bicyclic) bond motifs is 5. The van der Waals surface area contributed by atoms with Crippen LogP contribution in [0.4, 0.5) is 8.78 Å². The van der Waals surface area contributed by atoms with E-state index in [1.54, 1.807) is 25.2 Å². The first-order chi connectivity index (χ1) is 18.7. The Morgan fingerprint density at radius 2 is 1.79 bits per heavy atom. The normalized spacial score (nSPS) is 20.7. The van der Waals surface area contributed by atoms with Crippen molar-refractivity contribution in [1.29, 1.82) is 0 Å². The molecule has 6 rings (SSSR count). The first kappa shape index (κ1) is 25.2. The molecular weight excluding hydrogens is 500 g/mol. The molecule has 8 nitrogen and oxygen atoms in total. The van der Waals surface area contributed by atoms with Crippen LogP contribution in [0, 0.1) is 17.0 Å². The number of hydrogen-bond acceptors (Lipinski definition) is 6. The maximum atomic E-state index is 14.5. The van der Waals surface area contributed by atoms with Crippen molar-refractivity contribution in [2.24, 2.45) is 12.5 Å². The number of aryl methyl sites for hydroxylation is 1. The van der Waals surface area contributed by atoms with Gasteiger partial charge in [0.25, 0.3) is 5.91 Å². The molecule has 10 heteroatoms. The minimum atomic E-state index is -0.662. The average Bonchev–Trinajstić information content (AvgIpc) is 3.52. The molecule has 0 unspecified atom stereocenters. The summed E-state index contributed by atoms with van der Waals surface area (Å²) in [5.74, 6) is -0.742. The number of rotatable bonds is 6. The van der Waals surface area contributed by atoms with E-state index in [1.807, 2.05) is 24.0 Å². The SMILES string of the molecule is CCN(C[C@@]12CC[C@@H](c3cc(-c4c(F)cccc4F)nnc31)C2(C)C)C(=O)c1ccc(-c2nnn(C)n2)cc1. The lowest BCUT2D eigenvalue weighted by molar-refractivity contribution is 0.0652. The smallest absolute Gasteiger partial charge is 0.253 e. The molecule has 200 valence electrons. The monoisotopic (exact) mass is 529 g/mol. The van der Waals surface area contributed by atoms with Crippen molar-refractivity contribution >= 4 is 5.91 Å². The standard InChI is InChI=1S/C29H29F2N7O/c1-5-38(27(39)18-11-9-17(10-12-18)26-34-36-37(4)35-26)16-29-14-13-20(28(29,2)3)19-15-23(32-33-25(19)29)24-21(30)7-6-8-22(24)31/h6-12,15,20H,5,13-14,16H2,1-4H3/t20-,29-/m0/s1. The fourth-order valence-electron chi connectivity index (χ4n) is 6.64. The summed E-state index contributed by atoms with van der Waals surface area (Å²) >= 11 is 0. The van der Waals surface area contributed by atoms with Gasteiger partial charge in [0.05, 0.1) is 24.0 Å². The Morgan fingerprint density at radius 3 is 2.44 bits per heavy atom. The number of nitrogens with zero attached hydrogens (tertiary/aromatic N) is 7. The molecule has 0 spiro atoms. The Balaban J connectivity index is 1.32. The number of amides is 1. The van der Waals surface area contributed by atoms with E-state index in [1.165, 1.54) is 23.0 Å². The van der Waals surface area contributed by atoms with E-state index >= 15 is 0 Å². The number of halogens is 2. The molecule has 2 atom stereocenters. The molecule has 39 heavy (non-hydrogen) atoms. The topological polar surface area (TPSA) is 89.7 Å². The fraction of sp³-hybridized carbons (Fsp3) is 0.379. The summed E-state index contributed by atoms with van der Waals surface area (Å²) in [6.07, 6.45) is 1.78. The Kier molecular flexibility index (Phi) is 5.82. The highest BCUT2D eigenvalue weighted by Crippen LogP contribution is 2.67. The van der Waals surface area contributed by atoms with Crippen molar-refractivity contribution < 1.29 is 13.6 Å². The number of likely N-dealkylation sites (N-methyl/N-ethyl adjacent to an activating group) is 1. The highest BCUT2D eigenvalue weighted by atomic mass is 19.1. The summed E-state index contributed by atoms with van der Waals surface area (Å²) in [5.41, 5.74) is 2.57. The van der Waals surface area contributed by atoms with Gasteiger partial charge in [0.15, 0.2) is 0 Å². The first-order valence-corrected chi connectivity index (χ1v) is 13.1. The third-order valence-corrected chi connectivity index (χ3v) is 8.86. The molecule has 2 aromatic heterocycles. The zero-order valence-electron chi connectivity index (χ0n) is 22.3. The number of carbonyl (C=O) groups is 1. The van der Waals surface area contributed by atoms with Crippen LogP contribution in [0.5, 0.6) is 0 Å². The minimum Gasteiger partial charge on any atom is -0.338 e. The molecule has 2 aliphatic rings. The van der Waals surface area contributed by atoms with E-state index in [-0.39, 0.29) is 28.5 Å². The molecule has 0 aliphatic heterocycles. The van der Waals surface area contributed by atoms with Gasteiger partial charge in [0.1, 0.15) is 11.6 Å². The number of benzene rings is 2. The Morgan fingerprint density at radius 1 is 1.08 bits per heavy atom. The summed E-state index contributed by atoms with van der Waals surface area (Å²) < 4.78 is 29.1. The van der Waals surface area contributed by atoms with Crippen molar-refractivity contribution in [3.8, 4) is 22.6 Å². The van der Waals surface area contributed by atoms with Crippen molar-refractivity contribution in [3.63, 3.8) is 0 Å². The summed E-state index contributed by atoms with van der Waals surface area (Å²) in [6.45, 7) is 7.38. The molecule has 2 aliphatic carbocycles. The molecule has 2 bridgehead atoms. The number of tetrazole rings is 1. The van der Waals surface area contributed by atoms with E-state index < -0.39 is 17.0 Å². The molecule has 1 saturated carbocycles. The maximum absolute atomic E-state index is 14.5. The van der Waals surface area contributed by atoms with Gasteiger partial charge in [-0.15, -0.1) is 10.2 Å². The second-order valence-electron chi connectivity index (χ2n) is 11.0. The molecule has 0 N–H and O–H groups in total. The summed E-state index contributed by atoms with van der Waals surface area (Å²) in [7, 11) is 1.70. The van der Waals surface area contributed by atoms with E-state index in [9.17, 15) is 13.6 Å². The van der Waals surface area contributed by atoms with Crippen LogP contribution >= 0.6 is 0 Å². The van der Waals surface area contributed by atoms with Crippen LogP contribution in [-0.2, 0) is 12.5 Å².